The summed E-state index contributed by atoms with van der Waals surface area (Å²) in [4.78, 5) is 21.1. The van der Waals surface area contributed by atoms with Crippen molar-refractivity contribution in [1.82, 2.24) is 34.6 Å². The molecule has 0 radical (unpaired) electrons. The van der Waals surface area contributed by atoms with Crippen LogP contribution in [-0.4, -0.2) is 54.3 Å². The van der Waals surface area contributed by atoms with Crippen molar-refractivity contribution in [3.8, 4) is 33.6 Å². The third-order valence-corrected chi connectivity index (χ3v) is 7.10. The molecule has 36 heavy (non-hydrogen) atoms. The second kappa shape index (κ2) is 9.59. The predicted octanol–water partition coefficient (Wildman–Crippen LogP) is 5.58. The molecule has 0 aliphatic carbocycles. The van der Waals surface area contributed by atoms with E-state index in [9.17, 15) is 0 Å². The van der Waals surface area contributed by atoms with Gasteiger partial charge in [-0.3, -0.25) is 14.6 Å². The summed E-state index contributed by atoms with van der Waals surface area (Å²) in [6.45, 7) is 7.61. The molecule has 0 unspecified atom stereocenters. The summed E-state index contributed by atoms with van der Waals surface area (Å²) in [5.74, 6) is 0. The summed E-state index contributed by atoms with van der Waals surface area (Å²) in [5.41, 5.74) is 7.49. The maximum atomic E-state index is 4.81. The van der Waals surface area contributed by atoms with E-state index in [4.69, 9.17) is 10.1 Å². The number of aromatic nitrogens is 6. The zero-order valence-electron chi connectivity index (χ0n) is 20.7. The molecule has 6 heterocycles. The van der Waals surface area contributed by atoms with Gasteiger partial charge in [-0.2, -0.15) is 5.10 Å². The number of aryl methyl sites for hydroxylation is 1. The molecule has 6 rings (SSSR count). The van der Waals surface area contributed by atoms with Crippen molar-refractivity contribution in [2.75, 3.05) is 19.6 Å². The highest BCUT2D eigenvalue weighted by molar-refractivity contribution is 5.95. The van der Waals surface area contributed by atoms with Gasteiger partial charge in [0.05, 0.1) is 23.6 Å². The molecule has 1 saturated heterocycles. The number of nitrogens with zero attached hydrogens (tertiary/aromatic N) is 7. The van der Waals surface area contributed by atoms with E-state index in [-0.39, 0.29) is 0 Å². The van der Waals surface area contributed by atoms with Crippen molar-refractivity contribution in [1.29, 1.82) is 0 Å². The minimum atomic E-state index is 0.456. The van der Waals surface area contributed by atoms with Gasteiger partial charge in [0.2, 0.25) is 0 Å². The largest absolute Gasteiger partial charge is 0.303 e. The lowest BCUT2D eigenvalue weighted by atomic mass is 10.00. The van der Waals surface area contributed by atoms with Gasteiger partial charge in [0, 0.05) is 65.6 Å². The van der Waals surface area contributed by atoms with Gasteiger partial charge < -0.3 is 4.90 Å². The van der Waals surface area contributed by atoms with Crippen LogP contribution in [0.4, 0.5) is 0 Å². The summed E-state index contributed by atoms with van der Waals surface area (Å²) in [5, 5.41) is 5.72. The lowest BCUT2D eigenvalue weighted by Crippen LogP contribution is -2.34. The first-order valence-corrected chi connectivity index (χ1v) is 12.6. The van der Waals surface area contributed by atoms with Gasteiger partial charge in [-0.05, 0) is 68.3 Å². The fourth-order valence-electron chi connectivity index (χ4n) is 5.04. The molecule has 1 fully saturated rings. The molecule has 7 heteroatoms. The Morgan fingerprint density at radius 2 is 1.75 bits per heavy atom. The lowest BCUT2D eigenvalue weighted by Gasteiger charge is -2.31. The van der Waals surface area contributed by atoms with Gasteiger partial charge in [-0.1, -0.05) is 13.0 Å². The smallest absolute Gasteiger partial charge is 0.160 e. The van der Waals surface area contributed by atoms with Crippen molar-refractivity contribution < 1.29 is 0 Å². The Balaban J connectivity index is 1.37. The van der Waals surface area contributed by atoms with E-state index < -0.39 is 0 Å². The Morgan fingerprint density at radius 1 is 0.889 bits per heavy atom. The summed E-state index contributed by atoms with van der Waals surface area (Å²) in [6, 6.07) is 14.7. The molecular formula is C29H29N7. The first-order valence-electron chi connectivity index (χ1n) is 12.6. The molecule has 5 aromatic heterocycles. The van der Waals surface area contributed by atoms with Gasteiger partial charge in [0.1, 0.15) is 0 Å². The number of rotatable bonds is 5. The normalized spacial score (nSPS) is 14.9. The number of hydrogen-bond acceptors (Lipinski definition) is 6. The van der Waals surface area contributed by atoms with E-state index in [0.717, 1.165) is 77.2 Å². The molecule has 0 saturated carbocycles. The van der Waals surface area contributed by atoms with Crippen molar-refractivity contribution in [2.24, 2.45) is 0 Å². The topological polar surface area (TPSA) is 72.6 Å². The maximum Gasteiger partial charge on any atom is 0.160 e. The summed E-state index contributed by atoms with van der Waals surface area (Å²) in [6.07, 6.45) is 12.0. The second-order valence-electron chi connectivity index (χ2n) is 9.43. The highest BCUT2D eigenvalue weighted by atomic mass is 15.3. The summed E-state index contributed by atoms with van der Waals surface area (Å²) < 4.78 is 2.14. The molecule has 0 aromatic carbocycles. The molecule has 1 aliphatic heterocycles. The first-order chi connectivity index (χ1) is 17.7. The van der Waals surface area contributed by atoms with Crippen LogP contribution in [0.3, 0.4) is 0 Å². The van der Waals surface area contributed by atoms with Crippen LogP contribution in [0.2, 0.25) is 0 Å². The zero-order valence-corrected chi connectivity index (χ0v) is 20.7. The number of hydrogen-bond donors (Lipinski definition) is 0. The Hall–Kier alpha value is -3.97. The maximum absolute atomic E-state index is 4.81. The fraction of sp³-hybridized carbons (Fsp3) is 0.276. The third kappa shape index (κ3) is 4.38. The van der Waals surface area contributed by atoms with Crippen LogP contribution < -0.4 is 0 Å². The van der Waals surface area contributed by atoms with Gasteiger partial charge in [0.25, 0.3) is 0 Å². The van der Waals surface area contributed by atoms with E-state index in [1.54, 1.807) is 6.20 Å². The Kier molecular flexibility index (Phi) is 5.99. The predicted molar refractivity (Wildman–Crippen MR) is 142 cm³/mol. The van der Waals surface area contributed by atoms with Gasteiger partial charge in [-0.15, -0.1) is 0 Å². The Morgan fingerprint density at radius 3 is 2.58 bits per heavy atom. The fourth-order valence-corrected chi connectivity index (χ4v) is 5.04. The third-order valence-electron chi connectivity index (χ3n) is 7.10. The van der Waals surface area contributed by atoms with Crippen molar-refractivity contribution >= 4 is 11.0 Å². The number of likely N-dealkylation sites (tertiary alicyclic amines) is 1. The SMILES string of the molecule is CCN1CCC(n2cc(-c3cncc(-c4cc(-c5cccc(C)n5)nc5ncccc45)c3)cn2)CC1. The monoisotopic (exact) mass is 475 g/mol. The van der Waals surface area contributed by atoms with Gasteiger partial charge in [-0.25, -0.2) is 9.97 Å². The molecular weight excluding hydrogens is 446 g/mol. The van der Waals surface area contributed by atoms with Crippen molar-refractivity contribution in [3.63, 3.8) is 0 Å². The van der Waals surface area contributed by atoms with E-state index in [2.05, 4.69) is 55.9 Å². The molecule has 7 nitrogen and oxygen atoms in total. The van der Waals surface area contributed by atoms with Crippen molar-refractivity contribution in [3.05, 3.63) is 79.1 Å². The number of pyridine rings is 4. The van der Waals surface area contributed by atoms with E-state index >= 15 is 0 Å². The van der Waals surface area contributed by atoms with E-state index in [0.29, 0.717) is 11.7 Å². The Labute approximate surface area is 210 Å². The average Bonchev–Trinajstić information content (AvgIpc) is 3.43. The van der Waals surface area contributed by atoms with Crippen LogP contribution >= 0.6 is 0 Å². The zero-order chi connectivity index (χ0) is 24.5. The Bertz CT molecular complexity index is 1520. The summed E-state index contributed by atoms with van der Waals surface area (Å²) in [7, 11) is 0. The number of fused-ring (bicyclic) bond motifs is 1. The molecule has 0 bridgehead atoms. The van der Waals surface area contributed by atoms with Gasteiger partial charge >= 0.3 is 0 Å². The van der Waals surface area contributed by atoms with E-state index in [1.807, 2.05) is 49.8 Å². The highest BCUT2D eigenvalue weighted by Gasteiger charge is 2.20. The van der Waals surface area contributed by atoms with Crippen LogP contribution in [0.25, 0.3) is 44.7 Å². The van der Waals surface area contributed by atoms with Crippen LogP contribution in [0.15, 0.2) is 73.4 Å². The molecule has 5 aromatic rings. The van der Waals surface area contributed by atoms with Gasteiger partial charge in [0.15, 0.2) is 5.65 Å². The minimum Gasteiger partial charge on any atom is -0.303 e. The van der Waals surface area contributed by atoms with Crippen molar-refractivity contribution in [2.45, 2.75) is 32.7 Å². The van der Waals surface area contributed by atoms with Crippen LogP contribution in [0, 0.1) is 6.92 Å². The van der Waals surface area contributed by atoms with E-state index in [1.165, 1.54) is 0 Å². The molecule has 0 atom stereocenters. The van der Waals surface area contributed by atoms with Crippen LogP contribution in [0.1, 0.15) is 31.5 Å². The molecule has 180 valence electrons. The standard InChI is InChI=1S/C29H29N7/c1-3-35-12-9-24(10-13-35)36-19-23(18-32-36)21-14-22(17-30-16-21)26-15-28(27-8-4-6-20(2)33-27)34-29-25(26)7-5-11-31-29/h4-8,11,14-19,24H,3,9-10,12-13H2,1-2H3. The van der Waals surface area contributed by atoms with Crippen LogP contribution in [-0.2, 0) is 0 Å². The molecule has 0 spiro atoms. The lowest BCUT2D eigenvalue weighted by molar-refractivity contribution is 0.187. The first kappa shape index (κ1) is 22.5. The van der Waals surface area contributed by atoms with Crippen LogP contribution in [0.5, 0.6) is 0 Å². The average molecular weight is 476 g/mol. The molecule has 1 aliphatic rings. The molecule has 0 N–H and O–H groups in total. The second-order valence-corrected chi connectivity index (χ2v) is 9.43. The quantitative estimate of drug-likeness (QED) is 0.330. The minimum absolute atomic E-state index is 0.456. The molecule has 0 amide bonds. The highest BCUT2D eigenvalue weighted by Crippen LogP contribution is 2.33. The number of piperidine rings is 1. The summed E-state index contributed by atoms with van der Waals surface area (Å²) >= 11 is 0.